The van der Waals surface area contributed by atoms with Gasteiger partial charge in [-0.25, -0.2) is 0 Å². The van der Waals surface area contributed by atoms with Gasteiger partial charge in [0, 0.05) is 12.5 Å². The zero-order valence-electron chi connectivity index (χ0n) is 11.7. The van der Waals surface area contributed by atoms with E-state index in [9.17, 15) is 9.59 Å². The minimum absolute atomic E-state index is 0.0517. The highest BCUT2D eigenvalue weighted by molar-refractivity contribution is 6.80. The van der Waals surface area contributed by atoms with Gasteiger partial charge in [-0.3, -0.25) is 9.59 Å². The minimum Gasteiger partial charge on any atom is -0.469 e. The zero-order valence-corrected chi connectivity index (χ0v) is 12.7. The van der Waals surface area contributed by atoms with Crippen LogP contribution in [0.25, 0.3) is 0 Å². The van der Waals surface area contributed by atoms with E-state index in [0.717, 1.165) is 0 Å². The Hall–Kier alpha value is -0.843. The first-order valence-electron chi connectivity index (χ1n) is 6.00. The Kier molecular flexibility index (Phi) is 3.71. The molecular weight excluding hydrogens is 234 g/mol. The van der Waals surface area contributed by atoms with E-state index in [-0.39, 0.29) is 23.0 Å². The molecule has 1 heterocycles. The van der Waals surface area contributed by atoms with E-state index in [1.54, 1.807) is 0 Å². The monoisotopic (exact) mass is 257 g/mol. The summed E-state index contributed by atoms with van der Waals surface area (Å²) in [4.78, 5) is 23.1. The highest BCUT2D eigenvalue weighted by Gasteiger charge is 2.52. The first kappa shape index (κ1) is 14.2. The molecule has 1 aliphatic rings. The summed E-state index contributed by atoms with van der Waals surface area (Å²) in [7, 11) is -0.463. The van der Waals surface area contributed by atoms with Crippen LogP contribution in [0.4, 0.5) is 0 Å². The fraction of sp³-hybridized carbons (Fsp3) is 0.833. The lowest BCUT2D eigenvalue weighted by atomic mass is 10.0. The average molecular weight is 257 g/mol. The number of hydrogen-bond acceptors (Lipinski definition) is 3. The lowest BCUT2D eigenvalue weighted by Crippen LogP contribution is -2.68. The smallest absolute Gasteiger partial charge is 0.307 e. The molecule has 0 aromatic carbocycles. The van der Waals surface area contributed by atoms with Gasteiger partial charge in [-0.05, 0) is 5.04 Å². The molecule has 1 saturated heterocycles. The van der Waals surface area contributed by atoms with Gasteiger partial charge in [0.15, 0.2) is 8.24 Å². The van der Waals surface area contributed by atoms with Crippen molar-refractivity contribution in [2.24, 2.45) is 0 Å². The summed E-state index contributed by atoms with van der Waals surface area (Å²) in [6.45, 7) is 10.9. The van der Waals surface area contributed by atoms with Crippen LogP contribution in [0.3, 0.4) is 0 Å². The van der Waals surface area contributed by atoms with Crippen molar-refractivity contribution < 1.29 is 14.3 Å². The van der Waals surface area contributed by atoms with Crippen LogP contribution in [-0.4, -0.2) is 37.8 Å². The Morgan fingerprint density at radius 1 is 1.47 bits per heavy atom. The molecule has 4 nitrogen and oxygen atoms in total. The van der Waals surface area contributed by atoms with Crippen LogP contribution >= 0.6 is 0 Å². The maximum absolute atomic E-state index is 11.8. The quantitative estimate of drug-likeness (QED) is 0.442. The molecule has 1 atom stereocenters. The second-order valence-electron chi connectivity index (χ2n) is 6.21. The molecule has 0 spiro atoms. The third-order valence-corrected chi connectivity index (χ3v) is 9.60. The molecule has 5 heteroatoms. The Balaban J connectivity index is 2.81. The molecule has 1 aliphatic heterocycles. The molecule has 1 amide bonds. The first-order chi connectivity index (χ1) is 7.61. The highest BCUT2D eigenvalue weighted by Crippen LogP contribution is 2.43. The fourth-order valence-corrected chi connectivity index (χ4v) is 4.58. The number of methoxy groups -OCH3 is 1. The SMILES string of the molecule is COC(=O)CC1CC(=O)N1[Si](C)(C)C(C)(C)C. The molecule has 1 rings (SSSR count). The van der Waals surface area contributed by atoms with Gasteiger partial charge in [0.25, 0.3) is 0 Å². The van der Waals surface area contributed by atoms with Gasteiger partial charge in [-0.2, -0.15) is 0 Å². The summed E-state index contributed by atoms with van der Waals surface area (Å²) >= 11 is 0. The van der Waals surface area contributed by atoms with Crippen LogP contribution in [0.15, 0.2) is 0 Å². The number of β-lactam (4-membered cyclic amide) rings is 1. The van der Waals surface area contributed by atoms with Crippen molar-refractivity contribution >= 4 is 20.1 Å². The first-order valence-corrected chi connectivity index (χ1v) is 8.95. The predicted molar refractivity (Wildman–Crippen MR) is 69.1 cm³/mol. The lowest BCUT2D eigenvalue weighted by Gasteiger charge is -2.54. The maximum atomic E-state index is 11.8. The Labute approximate surface area is 104 Å². The summed E-state index contributed by atoms with van der Waals surface area (Å²) < 4.78 is 6.65. The number of esters is 1. The highest BCUT2D eigenvalue weighted by atomic mass is 28.3. The van der Waals surface area contributed by atoms with E-state index in [2.05, 4.69) is 38.6 Å². The minimum atomic E-state index is -1.85. The van der Waals surface area contributed by atoms with Gasteiger partial charge in [0.05, 0.1) is 13.5 Å². The predicted octanol–water partition coefficient (Wildman–Crippen LogP) is 2.16. The molecule has 0 radical (unpaired) electrons. The van der Waals surface area contributed by atoms with E-state index >= 15 is 0 Å². The molecule has 1 fully saturated rings. The van der Waals surface area contributed by atoms with Gasteiger partial charge in [-0.15, -0.1) is 0 Å². The number of nitrogens with zero attached hydrogens (tertiary/aromatic N) is 1. The lowest BCUT2D eigenvalue weighted by molar-refractivity contribution is -0.147. The molecular formula is C12H23NO3Si. The van der Waals surface area contributed by atoms with Gasteiger partial charge >= 0.3 is 5.97 Å². The van der Waals surface area contributed by atoms with Gasteiger partial charge < -0.3 is 9.30 Å². The molecule has 17 heavy (non-hydrogen) atoms. The van der Waals surface area contributed by atoms with Crippen molar-refractivity contribution in [3.05, 3.63) is 0 Å². The fourth-order valence-electron chi connectivity index (χ4n) is 2.05. The number of carbonyl (C=O) groups is 2. The van der Waals surface area contributed by atoms with Gasteiger partial charge in [0.1, 0.15) is 0 Å². The van der Waals surface area contributed by atoms with Crippen molar-refractivity contribution in [3.8, 4) is 0 Å². The van der Waals surface area contributed by atoms with E-state index in [0.29, 0.717) is 12.8 Å². The summed E-state index contributed by atoms with van der Waals surface area (Å²) in [5, 5.41) is 0.109. The van der Waals surface area contributed by atoms with E-state index in [1.807, 2.05) is 4.57 Å². The topological polar surface area (TPSA) is 46.6 Å². The maximum Gasteiger partial charge on any atom is 0.307 e. The van der Waals surface area contributed by atoms with E-state index in [1.165, 1.54) is 7.11 Å². The molecule has 0 saturated carbocycles. The number of carbonyl (C=O) groups excluding carboxylic acids is 2. The second-order valence-corrected chi connectivity index (χ2v) is 11.3. The third kappa shape index (κ3) is 2.54. The standard InChI is InChI=1S/C12H23NO3Si/c1-12(2,3)17(5,6)13-9(7-10(13)14)8-11(15)16-4/h9H,7-8H2,1-6H3. The second kappa shape index (κ2) is 4.44. The van der Waals surface area contributed by atoms with Crippen molar-refractivity contribution in [1.82, 2.24) is 4.57 Å². The van der Waals surface area contributed by atoms with Gasteiger partial charge in [-0.1, -0.05) is 33.9 Å². The van der Waals surface area contributed by atoms with Crippen LogP contribution in [0.1, 0.15) is 33.6 Å². The Bertz CT molecular complexity index is 333. The molecule has 0 bridgehead atoms. The molecule has 0 aliphatic carbocycles. The molecule has 0 aromatic heterocycles. The van der Waals surface area contributed by atoms with Crippen LogP contribution in [0.5, 0.6) is 0 Å². The van der Waals surface area contributed by atoms with Crippen molar-refractivity contribution in [3.63, 3.8) is 0 Å². The molecule has 0 N–H and O–H groups in total. The number of ether oxygens (including phenoxy) is 1. The largest absolute Gasteiger partial charge is 0.469 e. The van der Waals surface area contributed by atoms with Gasteiger partial charge in [0.2, 0.25) is 5.91 Å². The molecule has 0 aromatic rings. The van der Waals surface area contributed by atoms with Crippen LogP contribution in [0, 0.1) is 0 Å². The Morgan fingerprint density at radius 2 is 2.00 bits per heavy atom. The normalized spacial score (nSPS) is 21.2. The number of amides is 1. The van der Waals surface area contributed by atoms with Crippen molar-refractivity contribution in [1.29, 1.82) is 0 Å². The van der Waals surface area contributed by atoms with Crippen molar-refractivity contribution in [2.75, 3.05) is 7.11 Å². The van der Waals surface area contributed by atoms with Crippen LogP contribution in [-0.2, 0) is 14.3 Å². The molecule has 98 valence electrons. The van der Waals surface area contributed by atoms with Crippen LogP contribution < -0.4 is 0 Å². The summed E-state index contributed by atoms with van der Waals surface area (Å²) in [5.74, 6) is -0.0447. The summed E-state index contributed by atoms with van der Waals surface area (Å²) in [6.07, 6.45) is 0.816. The van der Waals surface area contributed by atoms with E-state index in [4.69, 9.17) is 0 Å². The zero-order chi connectivity index (χ0) is 13.4. The average Bonchev–Trinajstić information content (AvgIpc) is 2.13. The number of hydrogen-bond donors (Lipinski definition) is 0. The summed E-state index contributed by atoms with van der Waals surface area (Å²) in [5.41, 5.74) is 0. The number of rotatable bonds is 3. The van der Waals surface area contributed by atoms with Crippen LogP contribution in [0.2, 0.25) is 18.1 Å². The molecule has 1 unspecified atom stereocenters. The summed E-state index contributed by atoms with van der Waals surface area (Å²) in [6, 6.07) is 0.0517. The van der Waals surface area contributed by atoms with E-state index < -0.39 is 8.24 Å². The third-order valence-electron chi connectivity index (χ3n) is 4.11. The Morgan fingerprint density at radius 3 is 2.35 bits per heavy atom. The van der Waals surface area contributed by atoms with Crippen molar-refractivity contribution in [2.45, 2.75) is 57.8 Å².